The van der Waals surface area contributed by atoms with Crippen molar-refractivity contribution in [1.29, 1.82) is 0 Å². The number of nitrogens with zero attached hydrogens (tertiary/aromatic N) is 1. The first-order valence-electron chi connectivity index (χ1n) is 11.1. The highest BCUT2D eigenvalue weighted by Crippen LogP contribution is 2.24. The van der Waals surface area contributed by atoms with Crippen LogP contribution >= 0.6 is 23.2 Å². The first kappa shape index (κ1) is 24.4. The lowest BCUT2D eigenvalue weighted by atomic mass is 10.1. The van der Waals surface area contributed by atoms with E-state index >= 15 is 0 Å². The summed E-state index contributed by atoms with van der Waals surface area (Å²) in [6.45, 7) is 3.84. The molecule has 0 spiro atoms. The fourth-order valence-corrected chi connectivity index (χ4v) is 4.33. The highest BCUT2D eigenvalue weighted by molar-refractivity contribution is 6.35. The van der Waals surface area contributed by atoms with Crippen LogP contribution < -0.4 is 10.1 Å². The molecule has 0 radical (unpaired) electrons. The Bertz CT molecular complexity index is 927. The first-order chi connectivity index (χ1) is 15.4. The van der Waals surface area contributed by atoms with Crippen molar-refractivity contribution in [2.24, 2.45) is 0 Å². The summed E-state index contributed by atoms with van der Waals surface area (Å²) in [4.78, 5) is 27.6. The van der Waals surface area contributed by atoms with E-state index in [2.05, 4.69) is 12.2 Å². The minimum Gasteiger partial charge on any atom is -0.484 e. The summed E-state index contributed by atoms with van der Waals surface area (Å²) in [6.07, 6.45) is 5.13. The van der Waals surface area contributed by atoms with Crippen LogP contribution in [0.5, 0.6) is 5.75 Å². The van der Waals surface area contributed by atoms with Crippen molar-refractivity contribution in [2.75, 3.05) is 6.61 Å². The van der Waals surface area contributed by atoms with Gasteiger partial charge in [0.2, 0.25) is 5.91 Å². The fourth-order valence-electron chi connectivity index (χ4n) is 3.86. The van der Waals surface area contributed by atoms with Crippen LogP contribution in [0.4, 0.5) is 0 Å². The Labute approximate surface area is 200 Å². The second kappa shape index (κ2) is 11.6. The molecule has 1 atom stereocenters. The normalized spacial score (nSPS) is 14.8. The van der Waals surface area contributed by atoms with E-state index < -0.39 is 6.04 Å². The van der Waals surface area contributed by atoms with E-state index in [0.29, 0.717) is 15.8 Å². The van der Waals surface area contributed by atoms with Crippen LogP contribution in [0, 0.1) is 0 Å². The average molecular weight is 477 g/mol. The second-order valence-electron chi connectivity index (χ2n) is 8.21. The van der Waals surface area contributed by atoms with Gasteiger partial charge in [-0.25, -0.2) is 0 Å². The minimum atomic E-state index is -0.666. The van der Waals surface area contributed by atoms with Crippen molar-refractivity contribution in [2.45, 2.75) is 64.6 Å². The van der Waals surface area contributed by atoms with E-state index in [1.807, 2.05) is 24.3 Å². The molecule has 5 nitrogen and oxygen atoms in total. The minimum absolute atomic E-state index is 0.164. The maximum Gasteiger partial charge on any atom is 0.261 e. The lowest BCUT2D eigenvalue weighted by Crippen LogP contribution is -2.50. The third-order valence-corrected chi connectivity index (χ3v) is 6.51. The Kier molecular flexibility index (Phi) is 8.83. The van der Waals surface area contributed by atoms with Gasteiger partial charge < -0.3 is 15.0 Å². The number of hydrogen-bond acceptors (Lipinski definition) is 3. The van der Waals surface area contributed by atoms with Crippen molar-refractivity contribution in [3.05, 3.63) is 63.6 Å². The molecule has 2 amide bonds. The number of hydrogen-bond donors (Lipinski definition) is 1. The van der Waals surface area contributed by atoms with Gasteiger partial charge in [0.1, 0.15) is 11.8 Å². The Morgan fingerprint density at radius 2 is 1.81 bits per heavy atom. The number of ether oxygens (including phenoxy) is 1. The molecule has 3 rings (SSSR count). The summed E-state index contributed by atoms with van der Waals surface area (Å²) in [5, 5.41) is 4.05. The molecule has 0 saturated heterocycles. The van der Waals surface area contributed by atoms with Crippen LogP contribution in [0.25, 0.3) is 0 Å². The molecule has 1 N–H and O–H groups in total. The van der Waals surface area contributed by atoms with Crippen LogP contribution in [0.1, 0.15) is 50.7 Å². The molecule has 1 fully saturated rings. The summed E-state index contributed by atoms with van der Waals surface area (Å²) >= 11 is 12.4. The molecule has 0 unspecified atom stereocenters. The van der Waals surface area contributed by atoms with Crippen LogP contribution in [-0.2, 0) is 22.6 Å². The van der Waals surface area contributed by atoms with Gasteiger partial charge in [-0.15, -0.1) is 0 Å². The van der Waals surface area contributed by atoms with Gasteiger partial charge in [0.15, 0.2) is 6.61 Å². The summed E-state index contributed by atoms with van der Waals surface area (Å²) in [5.74, 6) is 0.162. The Morgan fingerprint density at radius 1 is 1.12 bits per heavy atom. The van der Waals surface area contributed by atoms with E-state index in [0.717, 1.165) is 37.7 Å². The summed E-state index contributed by atoms with van der Waals surface area (Å²) in [5.41, 5.74) is 1.91. The standard InChI is InChI=1S/C25H30Cl2N2O3/c1-3-18-8-12-22(13-9-18)32-16-24(30)29(15-19-10-11-20(26)14-23(19)27)17(2)25(31)28-21-6-4-5-7-21/h8-14,17,21H,3-7,15-16H2,1-2H3,(H,28,31)/t17-/m0/s1. The number of nitrogens with one attached hydrogen (secondary N) is 1. The fraction of sp³-hybridized carbons (Fsp3) is 0.440. The maximum absolute atomic E-state index is 13.2. The van der Waals surface area contributed by atoms with Crippen LogP contribution in [-0.4, -0.2) is 35.4 Å². The molecule has 0 heterocycles. The predicted molar refractivity (Wildman–Crippen MR) is 128 cm³/mol. The van der Waals surface area contributed by atoms with Crippen molar-refractivity contribution >= 4 is 35.0 Å². The van der Waals surface area contributed by atoms with Gasteiger partial charge in [0.25, 0.3) is 5.91 Å². The molecule has 172 valence electrons. The van der Waals surface area contributed by atoms with E-state index in [4.69, 9.17) is 27.9 Å². The quantitative estimate of drug-likeness (QED) is 0.526. The summed E-state index contributed by atoms with van der Waals surface area (Å²) in [7, 11) is 0. The lowest BCUT2D eigenvalue weighted by molar-refractivity contribution is -0.142. The van der Waals surface area contributed by atoms with Crippen LogP contribution in [0.15, 0.2) is 42.5 Å². The van der Waals surface area contributed by atoms with Crippen molar-refractivity contribution < 1.29 is 14.3 Å². The molecular weight excluding hydrogens is 447 g/mol. The maximum atomic E-state index is 13.2. The number of benzene rings is 2. The van der Waals surface area contributed by atoms with Crippen molar-refractivity contribution in [1.82, 2.24) is 10.2 Å². The van der Waals surface area contributed by atoms with E-state index in [1.54, 1.807) is 25.1 Å². The number of carbonyl (C=O) groups is 2. The molecular formula is C25H30Cl2N2O3. The van der Waals surface area contributed by atoms with Gasteiger partial charge in [-0.1, -0.05) is 61.2 Å². The Morgan fingerprint density at radius 3 is 2.44 bits per heavy atom. The van der Waals surface area contributed by atoms with Gasteiger partial charge in [0.05, 0.1) is 0 Å². The molecule has 2 aromatic carbocycles. The summed E-state index contributed by atoms with van der Waals surface area (Å²) < 4.78 is 5.72. The molecule has 1 aliphatic carbocycles. The number of rotatable bonds is 9. The Balaban J connectivity index is 1.72. The second-order valence-corrected chi connectivity index (χ2v) is 9.05. The monoisotopic (exact) mass is 476 g/mol. The molecule has 7 heteroatoms. The lowest BCUT2D eigenvalue weighted by Gasteiger charge is -2.30. The number of aryl methyl sites for hydroxylation is 1. The number of amides is 2. The molecule has 0 aliphatic heterocycles. The highest BCUT2D eigenvalue weighted by Gasteiger charge is 2.29. The third kappa shape index (κ3) is 6.63. The molecule has 1 saturated carbocycles. The molecule has 32 heavy (non-hydrogen) atoms. The Hall–Kier alpha value is -2.24. The number of halogens is 2. The van der Waals surface area contributed by atoms with Gasteiger partial charge in [0, 0.05) is 22.6 Å². The zero-order valence-corrected chi connectivity index (χ0v) is 20.1. The van der Waals surface area contributed by atoms with Gasteiger partial charge in [-0.2, -0.15) is 0 Å². The molecule has 0 bridgehead atoms. The summed E-state index contributed by atoms with van der Waals surface area (Å²) in [6, 6.07) is 12.3. The van der Waals surface area contributed by atoms with Crippen LogP contribution in [0.3, 0.4) is 0 Å². The number of carbonyl (C=O) groups excluding carboxylic acids is 2. The van der Waals surface area contributed by atoms with Crippen molar-refractivity contribution in [3.8, 4) is 5.75 Å². The first-order valence-corrected chi connectivity index (χ1v) is 11.9. The highest BCUT2D eigenvalue weighted by atomic mass is 35.5. The van der Waals surface area contributed by atoms with Crippen LogP contribution in [0.2, 0.25) is 10.0 Å². The predicted octanol–water partition coefficient (Wildman–Crippen LogP) is 5.41. The van der Waals surface area contributed by atoms with Gasteiger partial charge >= 0.3 is 0 Å². The molecule has 0 aromatic heterocycles. The van der Waals surface area contributed by atoms with Gasteiger partial charge in [-0.05, 0) is 61.6 Å². The molecule has 2 aromatic rings. The SMILES string of the molecule is CCc1ccc(OCC(=O)N(Cc2ccc(Cl)cc2Cl)[C@@H](C)C(=O)NC2CCCC2)cc1. The van der Waals surface area contributed by atoms with E-state index in [1.165, 1.54) is 10.5 Å². The smallest absolute Gasteiger partial charge is 0.261 e. The molecule has 1 aliphatic rings. The van der Waals surface area contributed by atoms with E-state index in [-0.39, 0.29) is 31.0 Å². The van der Waals surface area contributed by atoms with E-state index in [9.17, 15) is 9.59 Å². The average Bonchev–Trinajstić information content (AvgIpc) is 3.30. The van der Waals surface area contributed by atoms with Gasteiger partial charge in [-0.3, -0.25) is 9.59 Å². The zero-order valence-electron chi connectivity index (χ0n) is 18.6. The topological polar surface area (TPSA) is 58.6 Å². The largest absolute Gasteiger partial charge is 0.484 e. The third-order valence-electron chi connectivity index (χ3n) is 5.92. The van der Waals surface area contributed by atoms with Crippen molar-refractivity contribution in [3.63, 3.8) is 0 Å². The zero-order chi connectivity index (χ0) is 23.1.